The second-order valence-corrected chi connectivity index (χ2v) is 5.41. The highest BCUT2D eigenvalue weighted by Crippen LogP contribution is 2.26. The molecule has 1 fully saturated rings. The van der Waals surface area contributed by atoms with E-state index < -0.39 is 0 Å². The van der Waals surface area contributed by atoms with Gasteiger partial charge in [0, 0.05) is 16.8 Å². The van der Waals surface area contributed by atoms with Crippen LogP contribution in [0.4, 0.5) is 0 Å². The molecule has 1 saturated carbocycles. The van der Waals surface area contributed by atoms with Gasteiger partial charge < -0.3 is 0 Å². The number of hydrogen-bond acceptors (Lipinski definition) is 1. The van der Waals surface area contributed by atoms with Crippen molar-refractivity contribution in [1.82, 2.24) is 0 Å². The van der Waals surface area contributed by atoms with Gasteiger partial charge in [-0.2, -0.15) is 0 Å². The summed E-state index contributed by atoms with van der Waals surface area (Å²) in [5, 5.41) is 0. The Bertz CT molecular complexity index is 373. The van der Waals surface area contributed by atoms with Gasteiger partial charge in [0.25, 0.3) is 0 Å². The second kappa shape index (κ2) is 5.62. The molecule has 86 valence electrons. The zero-order valence-electron chi connectivity index (χ0n) is 9.42. The molecule has 0 heterocycles. The molecule has 2 heteroatoms. The minimum Gasteiger partial charge on any atom is -0.299 e. The molecule has 1 atom stereocenters. The largest absolute Gasteiger partial charge is 0.299 e. The SMILES string of the molecule is O=C1CCCCC[C@@H]1Cc1ccccc1Br. The first-order valence-corrected chi connectivity index (χ1v) is 6.83. The van der Waals surface area contributed by atoms with Crippen LogP contribution in [0.15, 0.2) is 28.7 Å². The third kappa shape index (κ3) is 2.94. The van der Waals surface area contributed by atoms with E-state index in [1.807, 2.05) is 12.1 Å². The maximum Gasteiger partial charge on any atom is 0.136 e. The van der Waals surface area contributed by atoms with Gasteiger partial charge in [0.15, 0.2) is 0 Å². The van der Waals surface area contributed by atoms with E-state index in [1.54, 1.807) is 0 Å². The predicted octanol–water partition coefficient (Wildman–Crippen LogP) is 4.14. The third-order valence-electron chi connectivity index (χ3n) is 3.36. The van der Waals surface area contributed by atoms with Crippen molar-refractivity contribution in [2.75, 3.05) is 0 Å². The van der Waals surface area contributed by atoms with Crippen molar-refractivity contribution >= 4 is 21.7 Å². The van der Waals surface area contributed by atoms with Gasteiger partial charge in [0.1, 0.15) is 5.78 Å². The number of halogens is 1. The fourth-order valence-corrected chi connectivity index (χ4v) is 2.82. The molecule has 0 bridgehead atoms. The number of benzene rings is 1. The Labute approximate surface area is 105 Å². The standard InChI is InChI=1S/C14H17BrO/c15-13-8-5-4-6-11(13)10-12-7-2-1-3-9-14(12)16/h4-6,8,12H,1-3,7,9-10H2/t12-/m1/s1. The molecule has 0 unspecified atom stereocenters. The minimum absolute atomic E-state index is 0.251. The Morgan fingerprint density at radius 1 is 1.19 bits per heavy atom. The lowest BCUT2D eigenvalue weighted by molar-refractivity contribution is -0.122. The molecule has 0 aromatic heterocycles. The molecule has 1 aromatic carbocycles. The summed E-state index contributed by atoms with van der Waals surface area (Å²) in [5.41, 5.74) is 1.27. The molecule has 16 heavy (non-hydrogen) atoms. The van der Waals surface area contributed by atoms with Crippen LogP contribution in [0.25, 0.3) is 0 Å². The van der Waals surface area contributed by atoms with E-state index in [2.05, 4.69) is 28.1 Å². The number of hydrogen-bond donors (Lipinski definition) is 0. The first-order chi connectivity index (χ1) is 7.77. The van der Waals surface area contributed by atoms with Crippen LogP contribution in [-0.4, -0.2) is 5.78 Å². The van der Waals surface area contributed by atoms with Crippen LogP contribution in [-0.2, 0) is 11.2 Å². The molecule has 1 aromatic rings. The number of carbonyl (C=O) groups excluding carboxylic acids is 1. The van der Waals surface area contributed by atoms with E-state index in [1.165, 1.54) is 18.4 Å². The number of ketones is 1. The molecule has 0 amide bonds. The van der Waals surface area contributed by atoms with Crippen LogP contribution in [0.5, 0.6) is 0 Å². The predicted molar refractivity (Wildman–Crippen MR) is 69.4 cm³/mol. The Morgan fingerprint density at radius 2 is 2.00 bits per heavy atom. The first kappa shape index (κ1) is 11.8. The number of carbonyl (C=O) groups is 1. The molecule has 0 spiro atoms. The van der Waals surface area contributed by atoms with Crippen LogP contribution < -0.4 is 0 Å². The first-order valence-electron chi connectivity index (χ1n) is 6.03. The van der Waals surface area contributed by atoms with Crippen LogP contribution >= 0.6 is 15.9 Å². The van der Waals surface area contributed by atoms with Crippen molar-refractivity contribution < 1.29 is 4.79 Å². The van der Waals surface area contributed by atoms with E-state index in [4.69, 9.17) is 0 Å². The summed E-state index contributed by atoms with van der Waals surface area (Å²) in [7, 11) is 0. The topological polar surface area (TPSA) is 17.1 Å². The lowest BCUT2D eigenvalue weighted by atomic mass is 9.91. The highest BCUT2D eigenvalue weighted by atomic mass is 79.9. The molecule has 1 aliphatic carbocycles. The highest BCUT2D eigenvalue weighted by molar-refractivity contribution is 9.10. The summed E-state index contributed by atoms with van der Waals surface area (Å²) in [6, 6.07) is 8.22. The van der Waals surface area contributed by atoms with Crippen LogP contribution in [0.1, 0.15) is 37.7 Å². The van der Waals surface area contributed by atoms with Gasteiger partial charge in [-0.15, -0.1) is 0 Å². The molecule has 0 aliphatic heterocycles. The van der Waals surface area contributed by atoms with E-state index in [0.29, 0.717) is 5.78 Å². The summed E-state index contributed by atoms with van der Waals surface area (Å²) < 4.78 is 1.13. The fourth-order valence-electron chi connectivity index (χ4n) is 2.38. The summed E-state index contributed by atoms with van der Waals surface area (Å²) in [4.78, 5) is 11.9. The van der Waals surface area contributed by atoms with E-state index in [9.17, 15) is 4.79 Å². The smallest absolute Gasteiger partial charge is 0.136 e. The van der Waals surface area contributed by atoms with Crippen LogP contribution in [0.2, 0.25) is 0 Å². The average molecular weight is 281 g/mol. The lowest BCUT2D eigenvalue weighted by Crippen LogP contribution is -2.15. The van der Waals surface area contributed by atoms with Crippen molar-refractivity contribution in [3.05, 3.63) is 34.3 Å². The molecule has 1 aliphatic rings. The quantitative estimate of drug-likeness (QED) is 0.744. The maximum absolute atomic E-state index is 11.9. The van der Waals surface area contributed by atoms with Gasteiger partial charge in [-0.05, 0) is 30.9 Å². The molecule has 1 nitrogen and oxygen atoms in total. The van der Waals surface area contributed by atoms with Crippen molar-refractivity contribution in [3.8, 4) is 0 Å². The van der Waals surface area contributed by atoms with Gasteiger partial charge in [-0.1, -0.05) is 47.0 Å². The third-order valence-corrected chi connectivity index (χ3v) is 4.13. The Balaban J connectivity index is 2.08. The second-order valence-electron chi connectivity index (χ2n) is 4.56. The van der Waals surface area contributed by atoms with E-state index in [0.717, 1.165) is 30.2 Å². The highest BCUT2D eigenvalue weighted by Gasteiger charge is 2.21. The summed E-state index contributed by atoms with van der Waals surface area (Å²) >= 11 is 3.55. The van der Waals surface area contributed by atoms with Gasteiger partial charge in [-0.3, -0.25) is 4.79 Å². The van der Waals surface area contributed by atoms with Crippen LogP contribution in [0, 0.1) is 5.92 Å². The number of Topliss-reactive ketones (excluding diaryl/α,β-unsaturated/α-hetero) is 1. The van der Waals surface area contributed by atoms with Crippen molar-refractivity contribution in [3.63, 3.8) is 0 Å². The molecule has 0 N–H and O–H groups in total. The summed E-state index contributed by atoms with van der Waals surface area (Å²) in [6.07, 6.45) is 6.28. The van der Waals surface area contributed by atoms with E-state index in [-0.39, 0.29) is 5.92 Å². The monoisotopic (exact) mass is 280 g/mol. The normalized spacial score (nSPS) is 21.8. The molecule has 0 radical (unpaired) electrons. The summed E-state index contributed by atoms with van der Waals surface area (Å²) in [5.74, 6) is 0.717. The van der Waals surface area contributed by atoms with Crippen LogP contribution in [0.3, 0.4) is 0 Å². The Morgan fingerprint density at radius 3 is 2.81 bits per heavy atom. The molecule has 2 rings (SSSR count). The Kier molecular flexibility index (Phi) is 4.16. The fraction of sp³-hybridized carbons (Fsp3) is 0.500. The zero-order chi connectivity index (χ0) is 11.4. The van der Waals surface area contributed by atoms with Crippen molar-refractivity contribution in [2.24, 2.45) is 5.92 Å². The Hall–Kier alpha value is -0.630. The van der Waals surface area contributed by atoms with Gasteiger partial charge >= 0.3 is 0 Å². The van der Waals surface area contributed by atoms with Crippen molar-refractivity contribution in [1.29, 1.82) is 0 Å². The average Bonchev–Trinajstić information content (AvgIpc) is 2.48. The summed E-state index contributed by atoms with van der Waals surface area (Å²) in [6.45, 7) is 0. The lowest BCUT2D eigenvalue weighted by Gasteiger charge is -2.13. The molecular weight excluding hydrogens is 264 g/mol. The van der Waals surface area contributed by atoms with Gasteiger partial charge in [0.05, 0.1) is 0 Å². The zero-order valence-corrected chi connectivity index (χ0v) is 11.0. The maximum atomic E-state index is 11.9. The van der Waals surface area contributed by atoms with E-state index >= 15 is 0 Å². The van der Waals surface area contributed by atoms with Crippen molar-refractivity contribution in [2.45, 2.75) is 38.5 Å². The minimum atomic E-state index is 0.251. The molecule has 0 saturated heterocycles. The molecular formula is C14H17BrO. The van der Waals surface area contributed by atoms with Gasteiger partial charge in [0.2, 0.25) is 0 Å². The van der Waals surface area contributed by atoms with Gasteiger partial charge in [-0.25, -0.2) is 0 Å². The number of rotatable bonds is 2.